The zero-order valence-corrected chi connectivity index (χ0v) is 9.82. The monoisotopic (exact) mass is 228 g/mol. The summed E-state index contributed by atoms with van der Waals surface area (Å²) in [6.07, 6.45) is 2.09. The van der Waals surface area contributed by atoms with Crippen LogP contribution in [0.3, 0.4) is 0 Å². The molecule has 0 unspecified atom stereocenters. The van der Waals surface area contributed by atoms with Crippen LogP contribution in [0.5, 0.6) is 0 Å². The lowest BCUT2D eigenvalue weighted by atomic mass is 10.2. The van der Waals surface area contributed by atoms with Crippen molar-refractivity contribution >= 4 is 44.8 Å². The summed E-state index contributed by atoms with van der Waals surface area (Å²) in [6, 6.07) is 6.22. The number of thiophene rings is 1. The first-order chi connectivity index (χ1) is 6.22. The summed E-state index contributed by atoms with van der Waals surface area (Å²) in [7, 11) is 0. The van der Waals surface area contributed by atoms with Crippen molar-refractivity contribution in [1.29, 1.82) is 0 Å². The van der Waals surface area contributed by atoms with Crippen molar-refractivity contribution in [2.45, 2.75) is 11.8 Å². The summed E-state index contributed by atoms with van der Waals surface area (Å²) in [5, 5.41) is 2.05. The van der Waals surface area contributed by atoms with Crippen LogP contribution in [-0.4, -0.2) is 6.26 Å². The third kappa shape index (κ3) is 1.58. The lowest BCUT2D eigenvalue weighted by Gasteiger charge is -1.99. The highest BCUT2D eigenvalue weighted by molar-refractivity contribution is 7.99. The predicted molar refractivity (Wildman–Crippen MR) is 63.4 cm³/mol. The van der Waals surface area contributed by atoms with E-state index < -0.39 is 0 Å². The fourth-order valence-corrected chi connectivity index (χ4v) is 3.44. The number of hydrogen-bond donors (Lipinski definition) is 0. The minimum absolute atomic E-state index is 0.858. The van der Waals surface area contributed by atoms with E-state index >= 15 is 0 Å². The molecule has 0 fully saturated rings. The van der Waals surface area contributed by atoms with Crippen LogP contribution in [0.25, 0.3) is 10.1 Å². The Balaban J connectivity index is 2.83. The first kappa shape index (κ1) is 9.38. The molecule has 0 N–H and O–H groups in total. The van der Waals surface area contributed by atoms with Gasteiger partial charge in [-0.25, -0.2) is 0 Å². The van der Waals surface area contributed by atoms with Crippen molar-refractivity contribution in [3.05, 3.63) is 28.1 Å². The second-order valence-electron chi connectivity index (χ2n) is 2.85. The van der Waals surface area contributed by atoms with Crippen LogP contribution in [0.2, 0.25) is 5.02 Å². The third-order valence-corrected chi connectivity index (χ3v) is 4.26. The summed E-state index contributed by atoms with van der Waals surface area (Å²) in [5.74, 6) is 0. The number of benzene rings is 1. The highest BCUT2D eigenvalue weighted by Crippen LogP contribution is 2.37. The molecule has 0 spiro atoms. The van der Waals surface area contributed by atoms with Gasteiger partial charge in [0.1, 0.15) is 0 Å². The Hall–Kier alpha value is -0.180. The summed E-state index contributed by atoms with van der Waals surface area (Å²) < 4.78 is 1.32. The molecule has 0 radical (unpaired) electrons. The SMILES string of the molecule is CSc1ccc(Cl)c2cc(C)sc12. The van der Waals surface area contributed by atoms with Crippen molar-refractivity contribution in [3.63, 3.8) is 0 Å². The molecule has 68 valence electrons. The van der Waals surface area contributed by atoms with E-state index in [2.05, 4.69) is 25.3 Å². The van der Waals surface area contributed by atoms with Gasteiger partial charge in [0.2, 0.25) is 0 Å². The van der Waals surface area contributed by atoms with Crippen molar-refractivity contribution < 1.29 is 0 Å². The Morgan fingerprint density at radius 1 is 1.38 bits per heavy atom. The molecule has 3 heteroatoms. The van der Waals surface area contributed by atoms with Gasteiger partial charge in [0.25, 0.3) is 0 Å². The lowest BCUT2D eigenvalue weighted by molar-refractivity contribution is 1.59. The molecule has 1 aromatic heterocycles. The smallest absolute Gasteiger partial charge is 0.0496 e. The van der Waals surface area contributed by atoms with Crippen molar-refractivity contribution in [1.82, 2.24) is 0 Å². The zero-order valence-electron chi connectivity index (χ0n) is 7.43. The van der Waals surface area contributed by atoms with Crippen molar-refractivity contribution in [2.24, 2.45) is 0 Å². The van der Waals surface area contributed by atoms with Crippen LogP contribution in [-0.2, 0) is 0 Å². The minimum Gasteiger partial charge on any atom is -0.139 e. The first-order valence-electron chi connectivity index (χ1n) is 3.95. The van der Waals surface area contributed by atoms with Crippen LogP contribution >= 0.6 is 34.7 Å². The van der Waals surface area contributed by atoms with Gasteiger partial charge in [0, 0.05) is 24.9 Å². The number of rotatable bonds is 1. The van der Waals surface area contributed by atoms with Crippen LogP contribution in [0.4, 0.5) is 0 Å². The summed E-state index contributed by atoms with van der Waals surface area (Å²) in [6.45, 7) is 2.12. The lowest BCUT2D eigenvalue weighted by Crippen LogP contribution is -1.71. The van der Waals surface area contributed by atoms with Gasteiger partial charge < -0.3 is 0 Å². The number of hydrogen-bond acceptors (Lipinski definition) is 2. The van der Waals surface area contributed by atoms with Gasteiger partial charge >= 0.3 is 0 Å². The fourth-order valence-electron chi connectivity index (χ4n) is 1.35. The molecule has 0 amide bonds. The van der Waals surface area contributed by atoms with E-state index in [-0.39, 0.29) is 0 Å². The second kappa shape index (κ2) is 3.52. The molecule has 0 bridgehead atoms. The summed E-state index contributed by atoms with van der Waals surface area (Å²) >= 11 is 9.68. The molecule has 0 aliphatic rings. The van der Waals surface area contributed by atoms with E-state index in [4.69, 9.17) is 11.6 Å². The molecule has 0 aliphatic carbocycles. The Kier molecular flexibility index (Phi) is 2.54. The quantitative estimate of drug-likeness (QED) is 0.644. The molecule has 1 aromatic carbocycles. The van der Waals surface area contributed by atoms with Crippen LogP contribution in [0, 0.1) is 6.92 Å². The minimum atomic E-state index is 0.858. The van der Waals surface area contributed by atoms with Gasteiger partial charge in [-0.05, 0) is 31.4 Å². The molecule has 1 heterocycles. The maximum Gasteiger partial charge on any atom is 0.0496 e. The second-order valence-corrected chi connectivity index (χ2v) is 5.36. The van der Waals surface area contributed by atoms with Gasteiger partial charge in [-0.2, -0.15) is 0 Å². The number of aryl methyl sites for hydroxylation is 1. The largest absolute Gasteiger partial charge is 0.139 e. The van der Waals surface area contributed by atoms with Gasteiger partial charge in [-0.15, -0.1) is 23.1 Å². The molecule has 0 nitrogen and oxygen atoms in total. The van der Waals surface area contributed by atoms with E-state index in [1.807, 2.05) is 17.4 Å². The van der Waals surface area contributed by atoms with E-state index in [1.165, 1.54) is 19.9 Å². The summed E-state index contributed by atoms with van der Waals surface area (Å²) in [5.41, 5.74) is 0. The molecule has 13 heavy (non-hydrogen) atoms. The number of fused-ring (bicyclic) bond motifs is 1. The van der Waals surface area contributed by atoms with E-state index in [0.717, 1.165) is 5.02 Å². The van der Waals surface area contributed by atoms with E-state index in [1.54, 1.807) is 11.8 Å². The first-order valence-corrected chi connectivity index (χ1v) is 6.37. The van der Waals surface area contributed by atoms with Gasteiger partial charge in [-0.1, -0.05) is 11.6 Å². The molecule has 0 saturated carbocycles. The molecule has 2 aromatic rings. The van der Waals surface area contributed by atoms with Crippen LogP contribution < -0.4 is 0 Å². The Bertz CT molecular complexity index is 445. The van der Waals surface area contributed by atoms with Crippen LogP contribution in [0.1, 0.15) is 4.88 Å². The van der Waals surface area contributed by atoms with Crippen LogP contribution in [0.15, 0.2) is 23.1 Å². The van der Waals surface area contributed by atoms with Gasteiger partial charge in [0.15, 0.2) is 0 Å². The maximum absolute atomic E-state index is 6.10. The molecular formula is C10H9ClS2. The van der Waals surface area contributed by atoms with E-state index in [9.17, 15) is 0 Å². The number of thioether (sulfide) groups is 1. The molecule has 0 aliphatic heterocycles. The van der Waals surface area contributed by atoms with Gasteiger partial charge in [-0.3, -0.25) is 0 Å². The van der Waals surface area contributed by atoms with Crippen molar-refractivity contribution in [2.75, 3.05) is 6.26 Å². The highest BCUT2D eigenvalue weighted by Gasteiger charge is 2.06. The zero-order chi connectivity index (χ0) is 9.42. The topological polar surface area (TPSA) is 0 Å². The Labute approximate surface area is 90.9 Å². The van der Waals surface area contributed by atoms with Crippen molar-refractivity contribution in [3.8, 4) is 0 Å². The molecular weight excluding hydrogens is 220 g/mol. The van der Waals surface area contributed by atoms with E-state index in [0.29, 0.717) is 0 Å². The average molecular weight is 229 g/mol. The number of halogens is 1. The Morgan fingerprint density at radius 2 is 2.15 bits per heavy atom. The van der Waals surface area contributed by atoms with Gasteiger partial charge in [0.05, 0.1) is 0 Å². The standard InChI is InChI=1S/C10H9ClS2/c1-6-5-7-8(11)3-4-9(12-2)10(7)13-6/h3-5H,1-2H3. The molecule has 2 rings (SSSR count). The summed E-state index contributed by atoms with van der Waals surface area (Å²) in [4.78, 5) is 2.64. The molecule has 0 atom stereocenters. The molecule has 0 saturated heterocycles. The Morgan fingerprint density at radius 3 is 2.85 bits per heavy atom. The predicted octanol–water partition coefficient (Wildman–Crippen LogP) is 4.59. The average Bonchev–Trinajstić information content (AvgIpc) is 2.48. The third-order valence-electron chi connectivity index (χ3n) is 1.94. The maximum atomic E-state index is 6.10. The highest BCUT2D eigenvalue weighted by atomic mass is 35.5. The fraction of sp³-hybridized carbons (Fsp3) is 0.200. The normalized spacial score (nSPS) is 11.0.